The quantitative estimate of drug-likeness (QED) is 0.522. The van der Waals surface area contributed by atoms with Gasteiger partial charge in [-0.1, -0.05) is 15.9 Å². The Morgan fingerprint density at radius 2 is 2.22 bits per heavy atom. The summed E-state index contributed by atoms with van der Waals surface area (Å²) >= 11 is 3.49. The lowest BCUT2D eigenvalue weighted by molar-refractivity contribution is 0.397. The summed E-state index contributed by atoms with van der Waals surface area (Å²) in [5.41, 5.74) is 3.32. The van der Waals surface area contributed by atoms with Gasteiger partial charge in [-0.2, -0.15) is 10.4 Å². The van der Waals surface area contributed by atoms with Gasteiger partial charge < -0.3 is 9.72 Å². The van der Waals surface area contributed by atoms with E-state index in [1.807, 2.05) is 36.7 Å². The molecule has 0 aliphatic heterocycles. The molecule has 0 aliphatic carbocycles. The van der Waals surface area contributed by atoms with Gasteiger partial charge in [0.05, 0.1) is 37.5 Å². The molecule has 0 radical (unpaired) electrons. The normalized spacial score (nSPS) is 12.0. The van der Waals surface area contributed by atoms with E-state index in [2.05, 4.69) is 42.0 Å². The number of aromatic amines is 1. The maximum absolute atomic E-state index is 9.36. The molecule has 3 heterocycles. The minimum atomic E-state index is -0.278. The molecule has 0 spiro atoms. The number of methoxy groups -OCH3 is 1. The fourth-order valence-corrected chi connectivity index (χ4v) is 3.51. The van der Waals surface area contributed by atoms with E-state index in [9.17, 15) is 5.26 Å². The average Bonchev–Trinajstić information content (AvgIpc) is 3.35. The van der Waals surface area contributed by atoms with Crippen LogP contribution < -0.4 is 4.74 Å². The SMILES string of the molecule is COc1ccc(Br)cc1C(CC#N)n1cc(-c2ncnc3[nH]ccc23)cn1. The first kappa shape index (κ1) is 17.2. The first-order valence-corrected chi connectivity index (χ1v) is 9.03. The van der Waals surface area contributed by atoms with Crippen LogP contribution in [0.2, 0.25) is 0 Å². The van der Waals surface area contributed by atoms with E-state index in [0.717, 1.165) is 32.3 Å². The molecule has 4 aromatic rings. The molecule has 3 aromatic heterocycles. The van der Waals surface area contributed by atoms with Crippen LogP contribution in [0.15, 0.2) is 53.7 Å². The van der Waals surface area contributed by atoms with Crippen molar-refractivity contribution >= 4 is 27.0 Å². The van der Waals surface area contributed by atoms with E-state index in [0.29, 0.717) is 5.75 Å². The molecule has 7 nitrogen and oxygen atoms in total. The highest BCUT2D eigenvalue weighted by molar-refractivity contribution is 9.10. The van der Waals surface area contributed by atoms with Gasteiger partial charge in [-0.3, -0.25) is 4.68 Å². The summed E-state index contributed by atoms with van der Waals surface area (Å²) in [4.78, 5) is 11.7. The second kappa shape index (κ2) is 7.21. The largest absolute Gasteiger partial charge is 0.496 e. The molecule has 27 heavy (non-hydrogen) atoms. The van der Waals surface area contributed by atoms with E-state index < -0.39 is 0 Å². The van der Waals surface area contributed by atoms with Crippen LogP contribution in [0.3, 0.4) is 0 Å². The minimum Gasteiger partial charge on any atom is -0.496 e. The number of benzene rings is 1. The topological polar surface area (TPSA) is 92.4 Å². The zero-order chi connectivity index (χ0) is 18.8. The number of rotatable bonds is 5. The monoisotopic (exact) mass is 422 g/mol. The van der Waals surface area contributed by atoms with Crippen LogP contribution in [-0.4, -0.2) is 31.8 Å². The van der Waals surface area contributed by atoms with Gasteiger partial charge >= 0.3 is 0 Å². The van der Waals surface area contributed by atoms with Gasteiger partial charge in [0, 0.05) is 33.4 Å². The van der Waals surface area contributed by atoms with Crippen LogP contribution in [-0.2, 0) is 0 Å². The van der Waals surface area contributed by atoms with Gasteiger partial charge in [0.2, 0.25) is 0 Å². The Labute approximate surface area is 163 Å². The number of nitriles is 1. The maximum atomic E-state index is 9.36. The Morgan fingerprint density at radius 3 is 3.04 bits per heavy atom. The molecule has 0 amide bonds. The first-order chi connectivity index (χ1) is 13.2. The summed E-state index contributed by atoms with van der Waals surface area (Å²) in [6.45, 7) is 0. The Balaban J connectivity index is 1.79. The molecular weight excluding hydrogens is 408 g/mol. The van der Waals surface area contributed by atoms with E-state index in [-0.39, 0.29) is 12.5 Å². The number of aromatic nitrogens is 5. The smallest absolute Gasteiger partial charge is 0.141 e. The standard InChI is InChI=1S/C19H15BrN6O/c1-27-17-3-2-13(20)8-15(17)16(4-6-21)26-10-12(9-25-26)18-14-5-7-22-19(14)24-11-23-18/h2-3,5,7-11,16H,4H2,1H3,(H,22,23,24). The molecule has 1 atom stereocenters. The van der Waals surface area contributed by atoms with E-state index in [1.54, 1.807) is 18.0 Å². The van der Waals surface area contributed by atoms with Crippen molar-refractivity contribution in [1.82, 2.24) is 24.7 Å². The van der Waals surface area contributed by atoms with Gasteiger partial charge in [0.15, 0.2) is 0 Å². The van der Waals surface area contributed by atoms with Crippen molar-refractivity contribution in [3.63, 3.8) is 0 Å². The van der Waals surface area contributed by atoms with Crippen LogP contribution in [0.1, 0.15) is 18.0 Å². The summed E-state index contributed by atoms with van der Waals surface area (Å²) in [6, 6.07) is 9.65. The molecule has 1 unspecified atom stereocenters. The Kier molecular flexibility index (Phi) is 4.60. The number of halogens is 1. The van der Waals surface area contributed by atoms with Crippen molar-refractivity contribution in [2.45, 2.75) is 12.5 Å². The molecule has 1 aromatic carbocycles. The number of nitrogens with one attached hydrogen (secondary N) is 1. The second-order valence-electron chi connectivity index (χ2n) is 5.94. The van der Waals surface area contributed by atoms with Gasteiger partial charge in [-0.25, -0.2) is 9.97 Å². The predicted octanol–water partition coefficient (Wildman–Crippen LogP) is 4.10. The van der Waals surface area contributed by atoms with Gasteiger partial charge in [0.25, 0.3) is 0 Å². The zero-order valence-electron chi connectivity index (χ0n) is 14.4. The van der Waals surface area contributed by atoms with Crippen molar-refractivity contribution in [3.05, 3.63) is 59.2 Å². The molecular formula is C19H15BrN6O. The Hall–Kier alpha value is -3.18. The van der Waals surface area contributed by atoms with Gasteiger partial charge in [-0.15, -0.1) is 0 Å². The lowest BCUT2D eigenvalue weighted by Gasteiger charge is -2.18. The highest BCUT2D eigenvalue weighted by atomic mass is 79.9. The lowest BCUT2D eigenvalue weighted by Crippen LogP contribution is -2.12. The van der Waals surface area contributed by atoms with Crippen LogP contribution in [0.25, 0.3) is 22.3 Å². The van der Waals surface area contributed by atoms with Crippen molar-refractivity contribution < 1.29 is 4.74 Å². The molecule has 0 fully saturated rings. The third-order valence-corrected chi connectivity index (χ3v) is 4.88. The number of H-pyrrole nitrogens is 1. The molecule has 4 rings (SSSR count). The number of nitrogens with zero attached hydrogens (tertiary/aromatic N) is 5. The predicted molar refractivity (Wildman–Crippen MR) is 104 cm³/mol. The number of fused-ring (bicyclic) bond motifs is 1. The summed E-state index contributed by atoms with van der Waals surface area (Å²) in [6.07, 6.45) is 7.27. The first-order valence-electron chi connectivity index (χ1n) is 8.24. The summed E-state index contributed by atoms with van der Waals surface area (Å²) in [5.74, 6) is 0.713. The molecule has 134 valence electrons. The number of ether oxygens (including phenoxy) is 1. The number of hydrogen-bond donors (Lipinski definition) is 1. The van der Waals surface area contributed by atoms with Crippen molar-refractivity contribution in [3.8, 4) is 23.1 Å². The average molecular weight is 423 g/mol. The van der Waals surface area contributed by atoms with Crippen LogP contribution in [0.5, 0.6) is 5.75 Å². The van der Waals surface area contributed by atoms with Gasteiger partial charge in [0.1, 0.15) is 17.7 Å². The van der Waals surface area contributed by atoms with Gasteiger partial charge in [-0.05, 0) is 24.3 Å². The molecule has 0 aliphatic rings. The second-order valence-corrected chi connectivity index (χ2v) is 6.85. The summed E-state index contributed by atoms with van der Waals surface area (Å²) < 4.78 is 8.19. The van der Waals surface area contributed by atoms with Crippen LogP contribution >= 0.6 is 15.9 Å². The zero-order valence-corrected chi connectivity index (χ0v) is 16.0. The molecule has 0 saturated heterocycles. The summed E-state index contributed by atoms with van der Waals surface area (Å²) in [5, 5.41) is 14.8. The minimum absolute atomic E-state index is 0.261. The summed E-state index contributed by atoms with van der Waals surface area (Å²) in [7, 11) is 1.62. The third kappa shape index (κ3) is 3.17. The molecule has 0 bridgehead atoms. The van der Waals surface area contributed by atoms with Crippen molar-refractivity contribution in [2.24, 2.45) is 0 Å². The van der Waals surface area contributed by atoms with E-state index in [1.165, 1.54) is 6.33 Å². The number of hydrogen-bond acceptors (Lipinski definition) is 5. The van der Waals surface area contributed by atoms with Crippen molar-refractivity contribution in [2.75, 3.05) is 7.11 Å². The molecule has 8 heteroatoms. The Morgan fingerprint density at radius 1 is 1.33 bits per heavy atom. The third-order valence-electron chi connectivity index (χ3n) is 4.38. The fourth-order valence-electron chi connectivity index (χ4n) is 3.13. The van der Waals surface area contributed by atoms with E-state index in [4.69, 9.17) is 4.74 Å². The molecule has 0 saturated carbocycles. The fraction of sp³-hybridized carbons (Fsp3) is 0.158. The maximum Gasteiger partial charge on any atom is 0.141 e. The van der Waals surface area contributed by atoms with E-state index >= 15 is 0 Å². The molecule has 1 N–H and O–H groups in total. The highest BCUT2D eigenvalue weighted by Crippen LogP contribution is 2.34. The Bertz CT molecular complexity index is 1140. The highest BCUT2D eigenvalue weighted by Gasteiger charge is 2.20. The van der Waals surface area contributed by atoms with Crippen molar-refractivity contribution in [1.29, 1.82) is 5.26 Å². The lowest BCUT2D eigenvalue weighted by atomic mass is 10.0. The van der Waals surface area contributed by atoms with Crippen LogP contribution in [0, 0.1) is 11.3 Å². The van der Waals surface area contributed by atoms with Crippen LogP contribution in [0.4, 0.5) is 0 Å².